The second kappa shape index (κ2) is 4.95. The van der Waals surface area contributed by atoms with Gasteiger partial charge in [-0.25, -0.2) is 4.98 Å². The summed E-state index contributed by atoms with van der Waals surface area (Å²) in [6.45, 7) is 1.92. The Morgan fingerprint density at radius 1 is 1.14 bits per heavy atom. The highest BCUT2D eigenvalue weighted by molar-refractivity contribution is 5.44. The lowest BCUT2D eigenvalue weighted by molar-refractivity contribution is 0.187. The van der Waals surface area contributed by atoms with Gasteiger partial charge in [-0.2, -0.15) is 0 Å². The SMILES string of the molecule is Nc1cncc(N2CCC3(CC2)Cc2ccccc2C3N)n1. The third-order valence-electron chi connectivity index (χ3n) is 5.32. The predicted molar refractivity (Wildman–Crippen MR) is 87.4 cm³/mol. The number of anilines is 2. The molecular formula is C17H21N5. The van der Waals surface area contributed by atoms with Crippen LogP contribution in [-0.2, 0) is 6.42 Å². The van der Waals surface area contributed by atoms with Crippen LogP contribution in [0, 0.1) is 5.41 Å². The van der Waals surface area contributed by atoms with E-state index >= 15 is 0 Å². The van der Waals surface area contributed by atoms with Gasteiger partial charge in [-0.1, -0.05) is 24.3 Å². The number of hydrogen-bond donors (Lipinski definition) is 2. The van der Waals surface area contributed by atoms with E-state index < -0.39 is 0 Å². The number of aromatic nitrogens is 2. The molecule has 1 aliphatic heterocycles. The quantitative estimate of drug-likeness (QED) is 0.840. The average molecular weight is 295 g/mol. The van der Waals surface area contributed by atoms with Crippen LogP contribution in [0.3, 0.4) is 0 Å². The molecule has 1 spiro atoms. The van der Waals surface area contributed by atoms with Crippen molar-refractivity contribution in [1.82, 2.24) is 9.97 Å². The molecule has 22 heavy (non-hydrogen) atoms. The standard InChI is InChI=1S/C17H21N5/c18-14-10-20-11-15(21-14)22-7-5-17(6-8-22)9-12-3-1-2-4-13(12)16(17)19/h1-4,10-11,16H,5-9,19H2,(H2,18,21). The maximum Gasteiger partial charge on any atom is 0.149 e. The van der Waals surface area contributed by atoms with Gasteiger partial charge in [0.1, 0.15) is 11.6 Å². The number of nitrogen functional groups attached to an aromatic ring is 1. The Bertz CT molecular complexity index is 691. The molecule has 2 aromatic rings. The first-order chi connectivity index (χ1) is 10.7. The smallest absolute Gasteiger partial charge is 0.149 e. The first-order valence-electron chi connectivity index (χ1n) is 7.84. The number of fused-ring (bicyclic) bond motifs is 1. The van der Waals surface area contributed by atoms with Crippen molar-refractivity contribution in [3.8, 4) is 0 Å². The van der Waals surface area contributed by atoms with Crippen molar-refractivity contribution in [3.63, 3.8) is 0 Å². The number of piperidine rings is 1. The summed E-state index contributed by atoms with van der Waals surface area (Å²) < 4.78 is 0. The molecule has 0 bridgehead atoms. The van der Waals surface area contributed by atoms with E-state index in [1.165, 1.54) is 11.1 Å². The minimum absolute atomic E-state index is 0.151. The lowest BCUT2D eigenvalue weighted by atomic mass is 9.73. The van der Waals surface area contributed by atoms with Crippen molar-refractivity contribution >= 4 is 11.6 Å². The summed E-state index contributed by atoms with van der Waals surface area (Å²) in [5.41, 5.74) is 15.3. The zero-order valence-corrected chi connectivity index (χ0v) is 12.6. The number of rotatable bonds is 1. The summed E-state index contributed by atoms with van der Waals surface area (Å²) in [7, 11) is 0. The molecule has 4 N–H and O–H groups in total. The topological polar surface area (TPSA) is 81.1 Å². The molecular weight excluding hydrogens is 274 g/mol. The molecule has 2 aliphatic rings. The van der Waals surface area contributed by atoms with Gasteiger partial charge >= 0.3 is 0 Å². The van der Waals surface area contributed by atoms with Gasteiger partial charge in [0.15, 0.2) is 0 Å². The Hall–Kier alpha value is -2.14. The average Bonchev–Trinajstić information content (AvgIpc) is 2.81. The summed E-state index contributed by atoms with van der Waals surface area (Å²) in [5.74, 6) is 1.35. The van der Waals surface area contributed by atoms with E-state index in [9.17, 15) is 0 Å². The van der Waals surface area contributed by atoms with Gasteiger partial charge in [0.25, 0.3) is 0 Å². The van der Waals surface area contributed by atoms with Crippen molar-refractivity contribution in [2.24, 2.45) is 11.1 Å². The van der Waals surface area contributed by atoms with Crippen LogP contribution in [0.25, 0.3) is 0 Å². The maximum absolute atomic E-state index is 6.60. The number of hydrogen-bond acceptors (Lipinski definition) is 5. The van der Waals surface area contributed by atoms with Crippen molar-refractivity contribution in [3.05, 3.63) is 47.8 Å². The Morgan fingerprint density at radius 2 is 1.91 bits per heavy atom. The fourth-order valence-corrected chi connectivity index (χ4v) is 4.01. The van der Waals surface area contributed by atoms with Crippen molar-refractivity contribution in [2.75, 3.05) is 23.7 Å². The van der Waals surface area contributed by atoms with Gasteiger partial charge in [-0.15, -0.1) is 0 Å². The molecule has 4 rings (SSSR count). The Kier molecular flexibility index (Phi) is 3.04. The molecule has 0 amide bonds. The van der Waals surface area contributed by atoms with Crippen LogP contribution in [-0.4, -0.2) is 23.1 Å². The third-order valence-corrected chi connectivity index (χ3v) is 5.32. The molecule has 1 atom stereocenters. The Morgan fingerprint density at radius 3 is 2.64 bits per heavy atom. The van der Waals surface area contributed by atoms with Crippen LogP contribution < -0.4 is 16.4 Å². The molecule has 1 fully saturated rings. The molecule has 0 saturated carbocycles. The van der Waals surface area contributed by atoms with E-state index in [-0.39, 0.29) is 11.5 Å². The highest BCUT2D eigenvalue weighted by atomic mass is 15.2. The lowest BCUT2D eigenvalue weighted by Crippen LogP contribution is -2.44. The number of benzene rings is 1. The van der Waals surface area contributed by atoms with E-state index in [0.29, 0.717) is 5.82 Å². The fraction of sp³-hybridized carbons (Fsp3) is 0.412. The zero-order valence-electron chi connectivity index (χ0n) is 12.6. The highest BCUT2D eigenvalue weighted by Gasteiger charge is 2.45. The van der Waals surface area contributed by atoms with Gasteiger partial charge < -0.3 is 16.4 Å². The second-order valence-electron chi connectivity index (χ2n) is 6.50. The number of nitrogens with zero attached hydrogens (tertiary/aromatic N) is 3. The summed E-state index contributed by atoms with van der Waals surface area (Å²) in [5, 5.41) is 0. The molecule has 1 aromatic heterocycles. The minimum atomic E-state index is 0.151. The van der Waals surface area contributed by atoms with Gasteiger partial charge in [-0.05, 0) is 35.8 Å². The minimum Gasteiger partial charge on any atom is -0.382 e. The van der Waals surface area contributed by atoms with E-state index in [4.69, 9.17) is 11.5 Å². The van der Waals surface area contributed by atoms with Crippen LogP contribution in [0.2, 0.25) is 0 Å². The van der Waals surface area contributed by atoms with Crippen LogP contribution in [0.1, 0.15) is 30.0 Å². The van der Waals surface area contributed by atoms with Gasteiger partial charge in [0, 0.05) is 19.1 Å². The summed E-state index contributed by atoms with van der Waals surface area (Å²) in [4.78, 5) is 10.8. The molecule has 5 heteroatoms. The fourth-order valence-electron chi connectivity index (χ4n) is 4.01. The van der Waals surface area contributed by atoms with Gasteiger partial charge in [0.05, 0.1) is 12.4 Å². The van der Waals surface area contributed by atoms with Crippen molar-refractivity contribution < 1.29 is 0 Å². The van der Waals surface area contributed by atoms with Crippen molar-refractivity contribution in [2.45, 2.75) is 25.3 Å². The largest absolute Gasteiger partial charge is 0.382 e. The van der Waals surface area contributed by atoms with E-state index in [0.717, 1.165) is 38.2 Å². The molecule has 2 heterocycles. The molecule has 114 valence electrons. The van der Waals surface area contributed by atoms with Gasteiger partial charge in [0.2, 0.25) is 0 Å². The molecule has 1 saturated heterocycles. The third kappa shape index (κ3) is 2.04. The second-order valence-corrected chi connectivity index (χ2v) is 6.50. The monoisotopic (exact) mass is 295 g/mol. The summed E-state index contributed by atoms with van der Waals surface area (Å²) in [6.07, 6.45) is 6.63. The van der Waals surface area contributed by atoms with E-state index in [1.807, 2.05) is 0 Å². The van der Waals surface area contributed by atoms with Crippen LogP contribution in [0.4, 0.5) is 11.6 Å². The first-order valence-corrected chi connectivity index (χ1v) is 7.84. The molecule has 1 aliphatic carbocycles. The maximum atomic E-state index is 6.60. The predicted octanol–water partition coefficient (Wildman–Crippen LogP) is 1.90. The zero-order chi connectivity index (χ0) is 15.2. The Labute approximate surface area is 130 Å². The van der Waals surface area contributed by atoms with Crippen molar-refractivity contribution in [1.29, 1.82) is 0 Å². The molecule has 5 nitrogen and oxygen atoms in total. The van der Waals surface area contributed by atoms with E-state index in [1.54, 1.807) is 12.4 Å². The molecule has 1 unspecified atom stereocenters. The number of nitrogens with two attached hydrogens (primary N) is 2. The van der Waals surface area contributed by atoms with Crippen LogP contribution >= 0.6 is 0 Å². The summed E-state index contributed by atoms with van der Waals surface area (Å²) in [6, 6.07) is 8.76. The summed E-state index contributed by atoms with van der Waals surface area (Å²) >= 11 is 0. The normalized spacial score (nSPS) is 22.8. The highest BCUT2D eigenvalue weighted by Crippen LogP contribution is 2.50. The lowest BCUT2D eigenvalue weighted by Gasteiger charge is -2.42. The molecule has 0 radical (unpaired) electrons. The Balaban J connectivity index is 1.53. The van der Waals surface area contributed by atoms with Crippen LogP contribution in [0.5, 0.6) is 0 Å². The molecule has 1 aromatic carbocycles. The first kappa shape index (κ1) is 13.5. The van der Waals surface area contributed by atoms with Crippen LogP contribution in [0.15, 0.2) is 36.7 Å². The van der Waals surface area contributed by atoms with Gasteiger partial charge in [-0.3, -0.25) is 4.98 Å². The van der Waals surface area contributed by atoms with E-state index in [2.05, 4.69) is 39.1 Å².